The van der Waals surface area contributed by atoms with E-state index in [9.17, 15) is 9.18 Å². The van der Waals surface area contributed by atoms with E-state index in [4.69, 9.17) is 5.84 Å². The number of carbonyl (C=O) groups excluding carboxylic acids is 1. The fraction of sp³-hybridized carbons (Fsp3) is 0.318. The first-order chi connectivity index (χ1) is 14.5. The fourth-order valence-electron chi connectivity index (χ4n) is 3.72. The van der Waals surface area contributed by atoms with Gasteiger partial charge in [0.2, 0.25) is 11.1 Å². The second-order valence-electron chi connectivity index (χ2n) is 7.45. The van der Waals surface area contributed by atoms with Gasteiger partial charge in [0, 0.05) is 6.42 Å². The monoisotopic (exact) mass is 425 g/mol. The maximum absolute atomic E-state index is 13.9. The van der Waals surface area contributed by atoms with Crippen molar-refractivity contribution in [2.45, 2.75) is 49.1 Å². The van der Waals surface area contributed by atoms with Crippen molar-refractivity contribution < 1.29 is 9.18 Å². The number of aromatic nitrogens is 3. The van der Waals surface area contributed by atoms with Crippen LogP contribution < -0.4 is 11.2 Å². The Balaban J connectivity index is 1.41. The Kier molecular flexibility index (Phi) is 6.03. The fourth-order valence-corrected chi connectivity index (χ4v) is 4.52. The summed E-state index contributed by atoms with van der Waals surface area (Å²) < 4.78 is 15.2. The van der Waals surface area contributed by atoms with E-state index in [1.807, 2.05) is 19.1 Å². The molecule has 0 fully saturated rings. The van der Waals surface area contributed by atoms with Gasteiger partial charge in [-0.2, -0.15) is 0 Å². The molecule has 3 N–H and O–H groups in total. The van der Waals surface area contributed by atoms with Gasteiger partial charge in [-0.05, 0) is 48.9 Å². The molecule has 0 unspecified atom stereocenters. The van der Waals surface area contributed by atoms with Crippen LogP contribution in [0.4, 0.5) is 4.39 Å². The summed E-state index contributed by atoms with van der Waals surface area (Å²) in [7, 11) is 0. The molecule has 0 bridgehead atoms. The van der Waals surface area contributed by atoms with E-state index >= 15 is 0 Å². The van der Waals surface area contributed by atoms with Gasteiger partial charge in [-0.1, -0.05) is 54.2 Å². The molecule has 4 rings (SSSR count). The highest BCUT2D eigenvalue weighted by molar-refractivity contribution is 8.00. The molecule has 0 saturated heterocycles. The number of nitrogens with one attached hydrogen (secondary N) is 1. The molecule has 30 heavy (non-hydrogen) atoms. The first-order valence-corrected chi connectivity index (χ1v) is 10.9. The summed E-state index contributed by atoms with van der Waals surface area (Å²) in [5, 5.41) is 11.4. The van der Waals surface area contributed by atoms with Gasteiger partial charge in [0.1, 0.15) is 5.82 Å². The summed E-state index contributed by atoms with van der Waals surface area (Å²) in [5.41, 5.74) is 2.99. The molecule has 0 saturated carbocycles. The molecule has 3 aromatic rings. The van der Waals surface area contributed by atoms with Gasteiger partial charge in [0.05, 0.1) is 11.3 Å². The molecule has 6 nitrogen and oxygen atoms in total. The van der Waals surface area contributed by atoms with Gasteiger partial charge in [-0.3, -0.25) is 4.79 Å². The number of nitrogens with two attached hydrogens (primary N) is 1. The Bertz CT molecular complexity index is 1050. The summed E-state index contributed by atoms with van der Waals surface area (Å²) in [4.78, 5) is 12.8. The molecule has 1 aromatic heterocycles. The maximum Gasteiger partial charge on any atom is 0.233 e. The molecule has 0 spiro atoms. The van der Waals surface area contributed by atoms with Crippen LogP contribution in [0.5, 0.6) is 0 Å². The lowest BCUT2D eigenvalue weighted by Gasteiger charge is -2.27. The summed E-state index contributed by atoms with van der Waals surface area (Å²) in [5.74, 6) is 6.18. The number of amides is 1. The smallest absolute Gasteiger partial charge is 0.233 e. The molecule has 0 aliphatic heterocycles. The third kappa shape index (κ3) is 4.33. The predicted molar refractivity (Wildman–Crippen MR) is 115 cm³/mol. The number of thioether (sulfide) groups is 1. The lowest BCUT2D eigenvalue weighted by Crippen LogP contribution is -2.36. The second-order valence-corrected chi connectivity index (χ2v) is 8.76. The van der Waals surface area contributed by atoms with Crippen LogP contribution in [0.1, 0.15) is 48.3 Å². The molecule has 1 heterocycles. The lowest BCUT2D eigenvalue weighted by atomic mass is 9.88. The van der Waals surface area contributed by atoms with E-state index in [-0.39, 0.29) is 24.2 Å². The van der Waals surface area contributed by atoms with Crippen molar-refractivity contribution >= 4 is 17.7 Å². The van der Waals surface area contributed by atoms with Gasteiger partial charge in [0.15, 0.2) is 5.82 Å². The molecule has 8 heteroatoms. The van der Waals surface area contributed by atoms with E-state index in [1.54, 1.807) is 18.2 Å². The number of nitrogens with zero attached hydrogens (tertiary/aromatic N) is 3. The van der Waals surface area contributed by atoms with Crippen molar-refractivity contribution in [1.82, 2.24) is 20.2 Å². The second kappa shape index (κ2) is 8.87. The van der Waals surface area contributed by atoms with E-state index in [0.29, 0.717) is 16.5 Å². The Morgan fingerprint density at radius 3 is 2.87 bits per heavy atom. The van der Waals surface area contributed by atoms with E-state index in [2.05, 4.69) is 27.6 Å². The summed E-state index contributed by atoms with van der Waals surface area (Å²) in [6.07, 6.45) is 3.27. The number of hydrogen-bond donors (Lipinski definition) is 2. The van der Waals surface area contributed by atoms with Crippen LogP contribution in [-0.4, -0.2) is 26.0 Å². The molecular weight excluding hydrogens is 401 g/mol. The Labute approximate surface area is 179 Å². The minimum Gasteiger partial charge on any atom is -0.348 e. The van der Waals surface area contributed by atoms with Crippen molar-refractivity contribution in [2.24, 2.45) is 0 Å². The van der Waals surface area contributed by atoms with E-state index < -0.39 is 5.25 Å². The third-order valence-electron chi connectivity index (χ3n) is 5.38. The minimum absolute atomic E-state index is 0.0258. The highest BCUT2D eigenvalue weighted by Crippen LogP contribution is 2.30. The van der Waals surface area contributed by atoms with Crippen LogP contribution in [0.25, 0.3) is 0 Å². The molecule has 156 valence electrons. The molecule has 2 atom stereocenters. The van der Waals surface area contributed by atoms with Crippen LogP contribution >= 0.6 is 11.8 Å². The highest BCUT2D eigenvalue weighted by Gasteiger charge is 2.25. The summed E-state index contributed by atoms with van der Waals surface area (Å²) in [6, 6.07) is 14.8. The SMILES string of the molecule is C[C@H](Sc1nnc(Cc2ccccc2F)n1N)C(=O)N[C@H]1CCCc2ccccc21. The first-order valence-electron chi connectivity index (χ1n) is 10.0. The lowest BCUT2D eigenvalue weighted by molar-refractivity contribution is -0.121. The summed E-state index contributed by atoms with van der Waals surface area (Å²) >= 11 is 1.24. The Morgan fingerprint density at radius 2 is 2.03 bits per heavy atom. The molecule has 2 aromatic carbocycles. The highest BCUT2D eigenvalue weighted by atomic mass is 32.2. The van der Waals surface area contributed by atoms with Gasteiger partial charge < -0.3 is 11.2 Å². The maximum atomic E-state index is 13.9. The van der Waals surface area contributed by atoms with Crippen LogP contribution in [0.2, 0.25) is 0 Å². The predicted octanol–water partition coefficient (Wildman–Crippen LogP) is 3.40. The van der Waals surface area contributed by atoms with Gasteiger partial charge in [0.25, 0.3) is 0 Å². The van der Waals surface area contributed by atoms with Crippen molar-refractivity contribution in [3.63, 3.8) is 0 Å². The van der Waals surface area contributed by atoms with Crippen molar-refractivity contribution in [3.05, 3.63) is 76.9 Å². The molecule has 0 radical (unpaired) electrons. The molecule has 1 amide bonds. The van der Waals surface area contributed by atoms with Crippen molar-refractivity contribution in [1.29, 1.82) is 0 Å². The molecular formula is C22H24FN5OS. The zero-order valence-corrected chi connectivity index (χ0v) is 17.5. The van der Waals surface area contributed by atoms with Crippen LogP contribution in [0.15, 0.2) is 53.7 Å². The molecule has 1 aliphatic carbocycles. The standard InChI is InChI=1S/C22H24FN5OS/c1-14(21(29)25-19-12-6-9-15-7-2-4-10-17(15)19)30-22-27-26-20(28(22)24)13-16-8-3-5-11-18(16)23/h2-5,7-8,10-11,14,19H,6,9,12-13,24H2,1H3,(H,25,29)/t14-,19-/m0/s1. The number of hydrogen-bond acceptors (Lipinski definition) is 5. The topological polar surface area (TPSA) is 85.8 Å². The minimum atomic E-state index is -0.396. The van der Waals surface area contributed by atoms with Crippen molar-refractivity contribution in [3.8, 4) is 0 Å². The zero-order valence-electron chi connectivity index (χ0n) is 16.7. The average Bonchev–Trinajstić information content (AvgIpc) is 3.09. The summed E-state index contributed by atoms with van der Waals surface area (Å²) in [6.45, 7) is 1.82. The van der Waals surface area contributed by atoms with E-state index in [0.717, 1.165) is 19.3 Å². The number of rotatable bonds is 6. The number of nitrogen functional groups attached to an aromatic ring is 1. The molecule has 1 aliphatic rings. The Morgan fingerprint density at radius 1 is 1.27 bits per heavy atom. The van der Waals surface area contributed by atoms with Crippen LogP contribution in [0.3, 0.4) is 0 Å². The number of benzene rings is 2. The van der Waals surface area contributed by atoms with Gasteiger partial charge in [-0.25, -0.2) is 9.07 Å². The number of aryl methyl sites for hydroxylation is 1. The zero-order chi connectivity index (χ0) is 21.1. The quantitative estimate of drug-likeness (QED) is 0.467. The van der Waals surface area contributed by atoms with Crippen LogP contribution in [-0.2, 0) is 17.6 Å². The van der Waals surface area contributed by atoms with Crippen LogP contribution in [0, 0.1) is 5.82 Å². The normalized spacial score (nSPS) is 16.7. The van der Waals surface area contributed by atoms with Gasteiger partial charge >= 0.3 is 0 Å². The number of fused-ring (bicyclic) bond motifs is 1. The number of halogens is 1. The largest absolute Gasteiger partial charge is 0.348 e. The average molecular weight is 426 g/mol. The van der Waals surface area contributed by atoms with E-state index in [1.165, 1.54) is 33.6 Å². The number of carbonyl (C=O) groups is 1. The van der Waals surface area contributed by atoms with Crippen molar-refractivity contribution in [2.75, 3.05) is 5.84 Å². The van der Waals surface area contributed by atoms with Gasteiger partial charge in [-0.15, -0.1) is 10.2 Å². The third-order valence-corrected chi connectivity index (χ3v) is 6.44. The Hall–Kier alpha value is -2.87. The first kappa shape index (κ1) is 20.4.